The fourth-order valence-electron chi connectivity index (χ4n) is 19.6. The van der Waals surface area contributed by atoms with Gasteiger partial charge in [-0.1, -0.05) is 185 Å². The van der Waals surface area contributed by atoms with Crippen LogP contribution in [-0.4, -0.2) is 19.9 Å². The van der Waals surface area contributed by atoms with Gasteiger partial charge in [0.25, 0.3) is 0 Å². The van der Waals surface area contributed by atoms with E-state index in [1.54, 1.807) is 12.4 Å². The van der Waals surface area contributed by atoms with E-state index in [9.17, 15) is 0 Å². The molecule has 12 aromatic heterocycles. The predicted octanol–water partition coefficient (Wildman–Crippen LogP) is 27.2. The van der Waals surface area contributed by atoms with Crippen molar-refractivity contribution in [3.05, 3.63) is 337 Å². The topological polar surface area (TPSA) is 120 Å². The summed E-state index contributed by atoms with van der Waals surface area (Å²) in [5.74, 6) is -0.159. The van der Waals surface area contributed by atoms with Gasteiger partial charge in [-0.25, -0.2) is 38.2 Å². The van der Waals surface area contributed by atoms with E-state index in [1.807, 2.05) is 45.9 Å². The summed E-state index contributed by atoms with van der Waals surface area (Å²) >= 11 is 0. The van der Waals surface area contributed by atoms with Crippen molar-refractivity contribution in [1.82, 2.24) is 19.9 Å². The van der Waals surface area contributed by atoms with Gasteiger partial charge in [0.05, 0.1) is 43.8 Å². The summed E-state index contributed by atoms with van der Waals surface area (Å²) in [6, 6.07) is 89.8. The molecule has 0 spiro atoms. The average Bonchev–Trinajstić information content (AvgIpc) is 1.63. The number of aromatic nitrogens is 8. The van der Waals surface area contributed by atoms with Crippen LogP contribution in [0.15, 0.2) is 310 Å². The fraction of sp³-hybridized carbons (Fsp3) is 0.143. The van der Waals surface area contributed by atoms with E-state index in [-0.39, 0.29) is 0 Å². The molecule has 600 valence electrons. The smallest absolute Gasteiger partial charge is 0.227 e. The second kappa shape index (κ2) is 30.1. The SMILES string of the molecule is Cc1c(-c2c3ccc(C(C)C)cc3cc[n+]2C)c2oc3ncccc3c2c2ccccc12.Cc1c(-c2c3ccccc3cc[n+]2C)c2oc3ncccc3c2c2ccccc12.Cc1ccc2c(n1)oc1c(-c3c4ccccc4cc[n+]3C)c(C)c3ccccc3c12.[2H]C(C)(C)c1ccc2c(-c3c(C)c4ccccc4c4c3oc3nc(C)ccc34)[n+](C)ccc2c1. The summed E-state index contributed by atoms with van der Waals surface area (Å²) in [5, 5.41) is 28.1. The third kappa shape index (κ3) is 12.3. The van der Waals surface area contributed by atoms with Crippen molar-refractivity contribution in [3.63, 3.8) is 0 Å². The molecule has 12 heterocycles. The zero-order valence-corrected chi connectivity index (χ0v) is 72.0. The monoisotopic (exact) mass is 1610 g/mol. The molecular weight excluding hydrogens is 1520 g/mol. The molecule has 0 aliphatic heterocycles. The van der Waals surface area contributed by atoms with Crippen molar-refractivity contribution < 1.29 is 37.3 Å². The molecule has 0 unspecified atom stereocenters. The number of nitrogens with zero attached hydrogens (tertiary/aromatic N) is 8. The van der Waals surface area contributed by atoms with E-state index in [4.69, 9.17) is 29.0 Å². The van der Waals surface area contributed by atoms with Crippen molar-refractivity contribution in [2.75, 3.05) is 0 Å². The molecule has 0 amide bonds. The van der Waals surface area contributed by atoms with Gasteiger partial charge in [-0.2, -0.15) is 0 Å². The van der Waals surface area contributed by atoms with Gasteiger partial charge in [0.1, 0.15) is 28.2 Å². The van der Waals surface area contributed by atoms with Crippen LogP contribution in [0, 0.1) is 41.5 Å². The maximum atomic E-state index is 8.49. The van der Waals surface area contributed by atoms with Crippen LogP contribution < -0.4 is 18.3 Å². The van der Waals surface area contributed by atoms with Crippen LogP contribution >= 0.6 is 0 Å². The molecule has 0 bridgehead atoms. The van der Waals surface area contributed by atoms with E-state index in [0.29, 0.717) is 28.8 Å². The lowest BCUT2D eigenvalue weighted by atomic mass is 9.91. The Labute approximate surface area is 718 Å². The molecule has 0 fully saturated rings. The molecule has 12 nitrogen and oxygen atoms in total. The van der Waals surface area contributed by atoms with Gasteiger partial charge < -0.3 is 17.7 Å². The van der Waals surface area contributed by atoms with E-state index in [1.165, 1.54) is 109 Å². The standard InChI is InChI=1S/C30H27N2O.C29H25N2O.C27H21N2O.C26H19N2O/c1-17(2)20-11-13-23-21(16-20)14-15-32(5)28(23)26-19(4)22-8-6-7-9-24(22)27-25-12-10-18(3)31-30(25)33-29(26)27;1-17(2)19-11-12-22-20(16-19)13-15-31(4)27(22)25-18(3)21-8-5-6-9-23(21)26-24-10-7-14-30-29(24)32-28(25)26;1-16-12-13-22-24-21-11-7-6-9-19(21)17(2)23(26(24)30-27(22)28-16)25-20-10-5-4-8-18(20)14-15-29(25)3;1-16-18-9-5-6-11-20(18)23-21-12-7-14-27-26(21)29-25(23)22(16)24-19-10-4-3-8-17(19)13-15-28(24)2/h6-17H,1-5H3;5-17H,1-4H3;4-15H,1-3H3;3-15H,1-2H3/q4*+1/i17D;;;. The molecule has 0 radical (unpaired) electrons. The summed E-state index contributed by atoms with van der Waals surface area (Å²) in [5.41, 5.74) is 24.6. The van der Waals surface area contributed by atoms with Gasteiger partial charge in [0.2, 0.25) is 45.6 Å². The number of hydrogen-bond donors (Lipinski definition) is 0. The van der Waals surface area contributed by atoms with Crippen molar-refractivity contribution in [2.45, 2.75) is 81.0 Å². The largest absolute Gasteiger partial charge is 0.437 e. The fourth-order valence-corrected chi connectivity index (χ4v) is 19.6. The zero-order chi connectivity index (χ0) is 85.7. The maximum absolute atomic E-state index is 8.49. The molecule has 12 aromatic carbocycles. The summed E-state index contributed by atoms with van der Waals surface area (Å²) < 4.78 is 43.2. The molecule has 0 saturated carbocycles. The second-order valence-electron chi connectivity index (χ2n) is 33.8. The van der Waals surface area contributed by atoms with Crippen molar-refractivity contribution in [3.8, 4) is 45.0 Å². The highest BCUT2D eigenvalue weighted by Crippen LogP contribution is 2.50. The van der Waals surface area contributed by atoms with E-state index < -0.39 is 5.89 Å². The Bertz CT molecular complexity index is 8660. The van der Waals surface area contributed by atoms with Crippen molar-refractivity contribution in [1.29, 1.82) is 0 Å². The van der Waals surface area contributed by atoms with Crippen LogP contribution in [0.2, 0.25) is 0 Å². The quantitative estimate of drug-likeness (QED) is 0.151. The summed E-state index contributed by atoms with van der Waals surface area (Å²) in [6.07, 6.45) is 12.1. The van der Waals surface area contributed by atoms with Crippen LogP contribution in [0.5, 0.6) is 0 Å². The van der Waals surface area contributed by atoms with Gasteiger partial charge in [-0.05, 0) is 224 Å². The van der Waals surface area contributed by atoms with E-state index >= 15 is 0 Å². The minimum Gasteiger partial charge on any atom is -0.437 e. The van der Waals surface area contributed by atoms with Crippen LogP contribution in [-0.2, 0) is 28.2 Å². The van der Waals surface area contributed by atoms with Crippen molar-refractivity contribution >= 4 is 174 Å². The Hall–Kier alpha value is -14.9. The number of furan rings is 4. The minimum atomic E-state index is -0.652. The Morgan fingerprint density at radius 2 is 0.532 bits per heavy atom. The maximum Gasteiger partial charge on any atom is 0.227 e. The van der Waals surface area contributed by atoms with Gasteiger partial charge >= 0.3 is 0 Å². The lowest BCUT2D eigenvalue weighted by Gasteiger charge is -2.13. The first-order chi connectivity index (χ1) is 60.6. The van der Waals surface area contributed by atoms with E-state index in [0.717, 1.165) is 132 Å². The lowest BCUT2D eigenvalue weighted by molar-refractivity contribution is -0.659. The highest BCUT2D eigenvalue weighted by molar-refractivity contribution is 6.28. The number of fused-ring (bicyclic) bond motifs is 24. The molecule has 24 aromatic rings. The molecule has 0 aliphatic carbocycles. The summed E-state index contributed by atoms with van der Waals surface area (Å²) in [6.45, 7) is 21.1. The number of pyridine rings is 8. The molecule has 12 heteroatoms. The molecule has 0 N–H and O–H groups in total. The third-order valence-electron chi connectivity index (χ3n) is 25.7. The Balaban J connectivity index is 0.000000102. The minimum absolute atomic E-state index is 0.493. The van der Waals surface area contributed by atoms with Gasteiger partial charge in [0.15, 0.2) is 47.1 Å². The summed E-state index contributed by atoms with van der Waals surface area (Å²) in [7, 11) is 8.41. The Kier molecular flexibility index (Phi) is 18.3. The molecule has 24 rings (SSSR count). The Morgan fingerprint density at radius 3 is 0.871 bits per heavy atom. The predicted molar refractivity (Wildman–Crippen MR) is 509 cm³/mol. The number of aryl methyl sites for hydroxylation is 10. The van der Waals surface area contributed by atoms with Crippen LogP contribution in [0.4, 0.5) is 0 Å². The van der Waals surface area contributed by atoms with Crippen LogP contribution in [0.3, 0.4) is 0 Å². The van der Waals surface area contributed by atoms with Crippen molar-refractivity contribution in [2.24, 2.45) is 28.2 Å². The Morgan fingerprint density at radius 1 is 0.266 bits per heavy atom. The molecule has 0 atom stereocenters. The number of rotatable bonds is 6. The zero-order valence-electron chi connectivity index (χ0n) is 73.0. The van der Waals surface area contributed by atoms with E-state index in [2.05, 4.69) is 359 Å². The molecular formula is C112H92N8O4+4. The van der Waals surface area contributed by atoms with Gasteiger partial charge in [-0.15, -0.1) is 0 Å². The first-order valence-electron chi connectivity index (χ1n) is 43.1. The summed E-state index contributed by atoms with van der Waals surface area (Å²) in [4.78, 5) is 18.4. The normalized spacial score (nSPS) is 12.1. The second-order valence-corrected chi connectivity index (χ2v) is 33.8. The first-order valence-corrected chi connectivity index (χ1v) is 42.6. The molecule has 124 heavy (non-hydrogen) atoms. The highest BCUT2D eigenvalue weighted by Gasteiger charge is 2.33. The third-order valence-corrected chi connectivity index (χ3v) is 25.7. The highest BCUT2D eigenvalue weighted by atomic mass is 16.4. The average molecular weight is 1620 g/mol. The number of hydrogen-bond acceptors (Lipinski definition) is 8. The lowest BCUT2D eigenvalue weighted by Crippen LogP contribution is -2.30. The van der Waals surface area contributed by atoms with Gasteiger partial charge in [0, 0.05) is 92.5 Å². The van der Waals surface area contributed by atoms with Crippen LogP contribution in [0.25, 0.3) is 219 Å². The molecule has 0 aliphatic rings. The van der Waals surface area contributed by atoms with Gasteiger partial charge in [-0.3, -0.25) is 0 Å². The van der Waals surface area contributed by atoms with Crippen LogP contribution in [0.1, 0.15) is 85.6 Å². The first kappa shape index (κ1) is 75.3. The number of benzene rings is 12. The molecule has 0 saturated heterocycles.